The lowest BCUT2D eigenvalue weighted by Crippen LogP contribution is -2.00. The predicted molar refractivity (Wildman–Crippen MR) is 83.5 cm³/mol. The molecule has 1 aromatic heterocycles. The summed E-state index contributed by atoms with van der Waals surface area (Å²) >= 11 is 1.28. The van der Waals surface area contributed by atoms with Gasteiger partial charge in [0.05, 0.1) is 12.7 Å². The molecule has 0 radical (unpaired) electrons. The molecular weight excluding hydrogens is 327 g/mol. The van der Waals surface area contributed by atoms with Crippen molar-refractivity contribution in [3.8, 4) is 10.9 Å². The van der Waals surface area contributed by atoms with E-state index in [-0.39, 0.29) is 17.1 Å². The van der Waals surface area contributed by atoms with Crippen LogP contribution >= 0.6 is 11.3 Å². The van der Waals surface area contributed by atoms with Crippen molar-refractivity contribution in [1.82, 2.24) is 4.98 Å². The fourth-order valence-corrected chi connectivity index (χ4v) is 2.39. The Balaban J connectivity index is 2.45. The second kappa shape index (κ2) is 7.32. The van der Waals surface area contributed by atoms with E-state index in [1.165, 1.54) is 36.6 Å². The van der Waals surface area contributed by atoms with Crippen molar-refractivity contribution in [1.29, 1.82) is 0 Å². The third-order valence-electron chi connectivity index (χ3n) is 2.84. The number of aryl methyl sites for hydroxylation is 1. The van der Waals surface area contributed by atoms with Crippen molar-refractivity contribution in [3.05, 3.63) is 58.9 Å². The third kappa shape index (κ3) is 4.13. The van der Waals surface area contributed by atoms with Crippen molar-refractivity contribution in [2.24, 2.45) is 0 Å². The van der Waals surface area contributed by atoms with Crippen molar-refractivity contribution in [2.45, 2.75) is 13.3 Å². The quantitative estimate of drug-likeness (QED) is 0.535. The van der Waals surface area contributed by atoms with Gasteiger partial charge < -0.3 is 9.47 Å². The number of hydrogen-bond donors (Lipinski definition) is 0. The van der Waals surface area contributed by atoms with Gasteiger partial charge in [0, 0.05) is 16.6 Å². The van der Waals surface area contributed by atoms with Crippen LogP contribution in [0.15, 0.2) is 42.6 Å². The van der Waals surface area contributed by atoms with E-state index in [0.717, 1.165) is 11.0 Å². The lowest BCUT2D eigenvalue weighted by Gasteiger charge is -2.13. The molecule has 0 saturated heterocycles. The van der Waals surface area contributed by atoms with Crippen LogP contribution in [0.1, 0.15) is 10.4 Å². The normalized spacial score (nSPS) is 11.7. The molecule has 2 aromatic rings. The smallest absolute Gasteiger partial charge is 0.278 e. The minimum absolute atomic E-state index is 0.0651. The number of benzene rings is 1. The van der Waals surface area contributed by atoms with Crippen LogP contribution in [0.25, 0.3) is 5.76 Å². The maximum Gasteiger partial charge on any atom is 0.278 e. The zero-order valence-electron chi connectivity index (χ0n) is 12.5. The fourth-order valence-electron chi connectivity index (χ4n) is 1.77. The van der Waals surface area contributed by atoms with Crippen molar-refractivity contribution in [3.63, 3.8) is 0 Å². The minimum atomic E-state index is -2.77. The van der Waals surface area contributed by atoms with Crippen LogP contribution in [0.4, 0.5) is 13.2 Å². The lowest BCUT2D eigenvalue weighted by atomic mass is 10.1. The molecule has 0 atom stereocenters. The summed E-state index contributed by atoms with van der Waals surface area (Å²) in [4.78, 5) is 4.95. The molecule has 0 fully saturated rings. The van der Waals surface area contributed by atoms with Gasteiger partial charge in [0.2, 0.25) is 0 Å². The summed E-state index contributed by atoms with van der Waals surface area (Å²) in [5.41, 5.74) is -0.550. The molecule has 0 aliphatic carbocycles. The fraction of sp³-hybridized carbons (Fsp3) is 0.188. The Hall–Kier alpha value is -2.28. The molecule has 23 heavy (non-hydrogen) atoms. The van der Waals surface area contributed by atoms with Crippen LogP contribution in [0.5, 0.6) is 10.9 Å². The number of aromatic nitrogens is 1. The summed E-state index contributed by atoms with van der Waals surface area (Å²) in [5.74, 6) is -0.642. The van der Waals surface area contributed by atoms with Crippen LogP contribution in [-0.2, 0) is 4.74 Å². The highest BCUT2D eigenvalue weighted by Crippen LogP contribution is 2.35. The van der Waals surface area contributed by atoms with E-state index in [1.807, 2.05) is 6.92 Å². The van der Waals surface area contributed by atoms with E-state index in [1.54, 1.807) is 6.20 Å². The molecule has 0 unspecified atom stereocenters. The van der Waals surface area contributed by atoms with Crippen molar-refractivity contribution < 1.29 is 22.6 Å². The van der Waals surface area contributed by atoms with E-state index < -0.39 is 17.8 Å². The molecule has 0 saturated carbocycles. The van der Waals surface area contributed by atoms with Gasteiger partial charge in [-0.1, -0.05) is 24.0 Å². The highest BCUT2D eigenvalue weighted by Gasteiger charge is 2.18. The number of rotatable bonds is 6. The number of methoxy groups -OCH3 is 1. The molecule has 0 N–H and O–H groups in total. The molecule has 0 spiro atoms. The molecule has 7 heteroatoms. The van der Waals surface area contributed by atoms with E-state index in [9.17, 15) is 13.2 Å². The summed E-state index contributed by atoms with van der Waals surface area (Å²) < 4.78 is 50.1. The number of thiazole rings is 1. The maximum absolute atomic E-state index is 14.2. The molecule has 0 bridgehead atoms. The SMILES string of the molecule is C=C(/C=C(\OC)c1c(F)cccc1Oc1ncc(C)s1)C(F)F. The zero-order valence-corrected chi connectivity index (χ0v) is 13.3. The molecule has 1 aromatic carbocycles. The maximum atomic E-state index is 14.2. The summed E-state index contributed by atoms with van der Waals surface area (Å²) in [5, 5.41) is 0.317. The summed E-state index contributed by atoms with van der Waals surface area (Å²) in [6.45, 7) is 5.09. The van der Waals surface area contributed by atoms with Gasteiger partial charge in [0.1, 0.15) is 17.3 Å². The van der Waals surface area contributed by atoms with Crippen LogP contribution in [0.2, 0.25) is 0 Å². The van der Waals surface area contributed by atoms with Crippen LogP contribution in [0.3, 0.4) is 0 Å². The molecule has 0 amide bonds. The second-order valence-electron chi connectivity index (χ2n) is 4.54. The van der Waals surface area contributed by atoms with Gasteiger partial charge in [-0.2, -0.15) is 0 Å². The van der Waals surface area contributed by atoms with Gasteiger partial charge in [-0.05, 0) is 25.1 Å². The Morgan fingerprint density at radius 1 is 1.39 bits per heavy atom. The highest BCUT2D eigenvalue weighted by molar-refractivity contribution is 7.13. The van der Waals surface area contributed by atoms with Crippen LogP contribution < -0.4 is 4.74 Å². The third-order valence-corrected chi connectivity index (χ3v) is 3.63. The van der Waals surface area contributed by atoms with Gasteiger partial charge in [-0.3, -0.25) is 0 Å². The summed E-state index contributed by atoms with van der Waals surface area (Å²) in [7, 11) is 1.26. The number of nitrogens with zero attached hydrogens (tertiary/aromatic N) is 1. The van der Waals surface area contributed by atoms with Gasteiger partial charge >= 0.3 is 0 Å². The number of ether oxygens (including phenoxy) is 2. The number of hydrogen-bond acceptors (Lipinski definition) is 4. The van der Waals surface area contributed by atoms with Gasteiger partial charge in [-0.25, -0.2) is 18.2 Å². The minimum Gasteiger partial charge on any atom is -0.496 e. The van der Waals surface area contributed by atoms with Crippen LogP contribution in [-0.4, -0.2) is 18.5 Å². The van der Waals surface area contributed by atoms with Crippen LogP contribution in [0, 0.1) is 12.7 Å². The zero-order chi connectivity index (χ0) is 17.0. The topological polar surface area (TPSA) is 31.4 Å². The monoisotopic (exact) mass is 341 g/mol. The summed E-state index contributed by atoms with van der Waals surface area (Å²) in [6.07, 6.45) is -0.161. The molecule has 122 valence electrons. The Morgan fingerprint density at radius 3 is 2.70 bits per heavy atom. The average Bonchev–Trinajstić information content (AvgIpc) is 2.90. The number of halogens is 3. The molecule has 0 aliphatic heterocycles. The first kappa shape index (κ1) is 17.1. The van der Waals surface area contributed by atoms with E-state index in [4.69, 9.17) is 9.47 Å². The molecule has 2 rings (SSSR count). The van der Waals surface area contributed by atoms with Gasteiger partial charge in [-0.15, -0.1) is 0 Å². The molecule has 1 heterocycles. The summed E-state index contributed by atoms with van der Waals surface area (Å²) in [6, 6.07) is 4.14. The van der Waals surface area contributed by atoms with Crippen molar-refractivity contribution >= 4 is 17.1 Å². The largest absolute Gasteiger partial charge is 0.496 e. The molecular formula is C16H14F3NO2S. The van der Waals surface area contributed by atoms with Gasteiger partial charge in [0.15, 0.2) is 0 Å². The number of alkyl halides is 2. The Bertz CT molecular complexity index is 741. The molecule has 0 aliphatic rings. The Morgan fingerprint density at radius 2 is 2.13 bits per heavy atom. The van der Waals surface area contributed by atoms with E-state index >= 15 is 0 Å². The lowest BCUT2D eigenvalue weighted by molar-refractivity contribution is 0.194. The molecule has 3 nitrogen and oxygen atoms in total. The standard InChI is InChI=1S/C16H14F3NO2S/c1-9(15(18)19)7-13(21-3)14-11(17)5-4-6-12(14)22-16-20-8-10(2)23-16/h4-8,15H,1H2,2-3H3/b13-7-. The number of allylic oxidation sites excluding steroid dienone is 2. The Kier molecular flexibility index (Phi) is 5.44. The van der Waals surface area contributed by atoms with E-state index in [2.05, 4.69) is 11.6 Å². The van der Waals surface area contributed by atoms with Crippen molar-refractivity contribution in [2.75, 3.05) is 7.11 Å². The average molecular weight is 341 g/mol. The van der Waals surface area contributed by atoms with E-state index in [0.29, 0.717) is 5.19 Å². The van der Waals surface area contributed by atoms with Gasteiger partial charge in [0.25, 0.3) is 11.6 Å². The first-order chi connectivity index (χ1) is 10.9. The Labute approximate surface area is 135 Å². The predicted octanol–water partition coefficient (Wildman–Crippen LogP) is 5.19. The highest BCUT2D eigenvalue weighted by atomic mass is 32.1. The first-order valence-corrected chi connectivity index (χ1v) is 7.35. The first-order valence-electron chi connectivity index (χ1n) is 6.54. The second-order valence-corrected chi connectivity index (χ2v) is 5.74.